The summed E-state index contributed by atoms with van der Waals surface area (Å²) in [7, 11) is 0. The summed E-state index contributed by atoms with van der Waals surface area (Å²) in [5.74, 6) is 1.83. The summed E-state index contributed by atoms with van der Waals surface area (Å²) in [6.45, 7) is 0. The van der Waals surface area contributed by atoms with Gasteiger partial charge in [-0.3, -0.25) is 4.79 Å². The van der Waals surface area contributed by atoms with E-state index in [0.29, 0.717) is 11.4 Å². The maximum absolute atomic E-state index is 12.1. The molecule has 118 valence electrons. The average Bonchev–Trinajstić information content (AvgIpc) is 2.45. The molecule has 1 amide bonds. The lowest BCUT2D eigenvalue weighted by molar-refractivity contribution is -0.123. The minimum atomic E-state index is -0.431. The predicted molar refractivity (Wildman–Crippen MR) is 95.9 cm³/mol. The van der Waals surface area contributed by atoms with E-state index in [9.17, 15) is 4.79 Å². The van der Waals surface area contributed by atoms with E-state index in [1.807, 2.05) is 24.5 Å². The average molecular weight is 367 g/mol. The van der Waals surface area contributed by atoms with E-state index < -0.39 is 6.04 Å². The van der Waals surface area contributed by atoms with Gasteiger partial charge in [0, 0.05) is 15.7 Å². The Balaban J connectivity index is 0.00000220. The van der Waals surface area contributed by atoms with Gasteiger partial charge in [-0.15, -0.1) is 24.2 Å². The first-order valence-corrected chi connectivity index (χ1v) is 9.34. The standard InChI is InChI=1S/C14H19ClN2OS2.ClH/c1-19-6-4-11(16)14(18)17-12-5-7-20-13-3-2-9(15)8-10(12)13;/h2-3,8,11-12H,4-7,16H2,1H3,(H,17,18);1H/t11-,12?;/m0./s1. The molecule has 1 aliphatic rings. The molecule has 1 aromatic carbocycles. The molecule has 1 aromatic rings. The number of rotatable bonds is 5. The van der Waals surface area contributed by atoms with Crippen molar-refractivity contribution < 1.29 is 4.79 Å². The number of carbonyl (C=O) groups excluding carboxylic acids is 1. The van der Waals surface area contributed by atoms with E-state index in [1.54, 1.807) is 23.5 Å². The number of amides is 1. The van der Waals surface area contributed by atoms with E-state index in [2.05, 4.69) is 5.32 Å². The van der Waals surface area contributed by atoms with Gasteiger partial charge in [0.1, 0.15) is 0 Å². The topological polar surface area (TPSA) is 55.1 Å². The van der Waals surface area contributed by atoms with Crippen LogP contribution in [0, 0.1) is 0 Å². The highest BCUT2D eigenvalue weighted by molar-refractivity contribution is 7.99. The molecule has 1 aliphatic heterocycles. The summed E-state index contributed by atoms with van der Waals surface area (Å²) in [6, 6.07) is 5.45. The molecule has 0 bridgehead atoms. The summed E-state index contributed by atoms with van der Waals surface area (Å²) in [4.78, 5) is 13.3. The summed E-state index contributed by atoms with van der Waals surface area (Å²) in [5, 5.41) is 3.77. The number of hydrogen-bond acceptors (Lipinski definition) is 4. The third kappa shape index (κ3) is 5.25. The molecule has 1 heterocycles. The van der Waals surface area contributed by atoms with Crippen LogP contribution in [-0.2, 0) is 4.79 Å². The third-order valence-electron chi connectivity index (χ3n) is 3.30. The van der Waals surface area contributed by atoms with Gasteiger partial charge < -0.3 is 11.1 Å². The largest absolute Gasteiger partial charge is 0.348 e. The molecule has 0 radical (unpaired) electrons. The monoisotopic (exact) mass is 366 g/mol. The van der Waals surface area contributed by atoms with Gasteiger partial charge in [0.25, 0.3) is 0 Å². The molecule has 2 rings (SSSR count). The smallest absolute Gasteiger partial charge is 0.237 e. The van der Waals surface area contributed by atoms with Crippen molar-refractivity contribution in [1.82, 2.24) is 5.32 Å². The van der Waals surface area contributed by atoms with Gasteiger partial charge >= 0.3 is 0 Å². The third-order valence-corrected chi connectivity index (χ3v) is 5.30. The van der Waals surface area contributed by atoms with Crippen LogP contribution in [0.3, 0.4) is 0 Å². The molecule has 3 nitrogen and oxygen atoms in total. The van der Waals surface area contributed by atoms with Crippen LogP contribution in [0.1, 0.15) is 24.4 Å². The highest BCUT2D eigenvalue weighted by Crippen LogP contribution is 2.37. The zero-order valence-electron chi connectivity index (χ0n) is 11.8. The van der Waals surface area contributed by atoms with Crippen LogP contribution >= 0.6 is 47.5 Å². The zero-order chi connectivity index (χ0) is 14.5. The SMILES string of the molecule is CSCC[C@H](N)C(=O)NC1CCSc2ccc(Cl)cc21.Cl. The summed E-state index contributed by atoms with van der Waals surface area (Å²) >= 11 is 9.57. The number of halogens is 2. The summed E-state index contributed by atoms with van der Waals surface area (Å²) in [6.07, 6.45) is 3.64. The molecule has 0 saturated carbocycles. The van der Waals surface area contributed by atoms with Crippen molar-refractivity contribution in [1.29, 1.82) is 0 Å². The molecular weight excluding hydrogens is 347 g/mol. The summed E-state index contributed by atoms with van der Waals surface area (Å²) < 4.78 is 0. The number of nitrogens with one attached hydrogen (secondary N) is 1. The predicted octanol–water partition coefficient (Wildman–Crippen LogP) is 3.50. The fourth-order valence-corrected chi connectivity index (χ4v) is 3.95. The maximum Gasteiger partial charge on any atom is 0.237 e. The lowest BCUT2D eigenvalue weighted by Gasteiger charge is -2.27. The molecule has 7 heteroatoms. The molecule has 0 aliphatic carbocycles. The van der Waals surface area contributed by atoms with Crippen LogP contribution in [0.15, 0.2) is 23.1 Å². The maximum atomic E-state index is 12.1. The molecule has 2 atom stereocenters. The highest BCUT2D eigenvalue weighted by atomic mass is 35.5. The Morgan fingerprint density at radius 2 is 2.38 bits per heavy atom. The van der Waals surface area contributed by atoms with Gasteiger partial charge in [0.15, 0.2) is 0 Å². The van der Waals surface area contributed by atoms with Crippen LogP contribution in [0.2, 0.25) is 5.02 Å². The molecule has 0 fully saturated rings. The number of fused-ring (bicyclic) bond motifs is 1. The van der Waals surface area contributed by atoms with Crippen molar-refractivity contribution in [2.24, 2.45) is 5.73 Å². The van der Waals surface area contributed by atoms with E-state index in [-0.39, 0.29) is 24.4 Å². The minimum absolute atomic E-state index is 0. The molecule has 0 saturated heterocycles. The quantitative estimate of drug-likeness (QED) is 0.837. The number of thioether (sulfide) groups is 2. The van der Waals surface area contributed by atoms with Crippen LogP contribution in [0.4, 0.5) is 0 Å². The Kier molecular flexibility index (Phi) is 8.27. The number of benzene rings is 1. The first kappa shape index (κ1) is 19.0. The number of hydrogen-bond donors (Lipinski definition) is 2. The van der Waals surface area contributed by atoms with E-state index >= 15 is 0 Å². The second kappa shape index (κ2) is 9.16. The minimum Gasteiger partial charge on any atom is -0.348 e. The van der Waals surface area contributed by atoms with Crippen LogP contribution in [0.25, 0.3) is 0 Å². The van der Waals surface area contributed by atoms with Crippen molar-refractivity contribution >= 4 is 53.4 Å². The second-order valence-corrected chi connectivity index (χ2v) is 7.33. The molecule has 3 N–H and O–H groups in total. The van der Waals surface area contributed by atoms with E-state index in [4.69, 9.17) is 17.3 Å². The Morgan fingerprint density at radius 3 is 3.10 bits per heavy atom. The van der Waals surface area contributed by atoms with Crippen molar-refractivity contribution in [2.75, 3.05) is 17.8 Å². The molecular formula is C14H20Cl2N2OS2. The number of carbonyl (C=O) groups is 1. The first-order valence-electron chi connectivity index (χ1n) is 6.59. The first-order chi connectivity index (χ1) is 9.61. The zero-order valence-corrected chi connectivity index (χ0v) is 15.0. The van der Waals surface area contributed by atoms with Gasteiger partial charge in [0.2, 0.25) is 5.91 Å². The second-order valence-electron chi connectivity index (χ2n) is 4.77. The Morgan fingerprint density at radius 1 is 1.62 bits per heavy atom. The van der Waals surface area contributed by atoms with Crippen LogP contribution in [-0.4, -0.2) is 29.7 Å². The van der Waals surface area contributed by atoms with Crippen molar-refractivity contribution in [3.8, 4) is 0 Å². The Hall–Kier alpha value is -0.0700. The van der Waals surface area contributed by atoms with E-state index in [0.717, 1.165) is 23.5 Å². The lowest BCUT2D eigenvalue weighted by atomic mass is 10.0. The molecule has 0 spiro atoms. The van der Waals surface area contributed by atoms with Crippen LogP contribution < -0.4 is 11.1 Å². The van der Waals surface area contributed by atoms with Gasteiger partial charge in [-0.25, -0.2) is 0 Å². The van der Waals surface area contributed by atoms with E-state index in [1.165, 1.54) is 4.90 Å². The normalized spacial score (nSPS) is 18.3. The van der Waals surface area contributed by atoms with Crippen LogP contribution in [0.5, 0.6) is 0 Å². The van der Waals surface area contributed by atoms with Crippen molar-refractivity contribution in [3.63, 3.8) is 0 Å². The number of nitrogens with two attached hydrogens (primary N) is 1. The van der Waals surface area contributed by atoms with Gasteiger partial charge in [-0.1, -0.05) is 11.6 Å². The van der Waals surface area contributed by atoms with Crippen molar-refractivity contribution in [3.05, 3.63) is 28.8 Å². The van der Waals surface area contributed by atoms with Gasteiger partial charge in [-0.2, -0.15) is 11.8 Å². The molecule has 0 aromatic heterocycles. The highest BCUT2D eigenvalue weighted by Gasteiger charge is 2.24. The van der Waals surface area contributed by atoms with Crippen molar-refractivity contribution in [2.45, 2.75) is 29.8 Å². The Bertz CT molecular complexity index is 488. The van der Waals surface area contributed by atoms with Gasteiger partial charge in [-0.05, 0) is 48.6 Å². The summed E-state index contributed by atoms with van der Waals surface area (Å²) in [5.41, 5.74) is 7.02. The Labute approximate surface area is 145 Å². The van der Waals surface area contributed by atoms with Gasteiger partial charge in [0.05, 0.1) is 12.1 Å². The molecule has 21 heavy (non-hydrogen) atoms. The fourth-order valence-electron chi connectivity index (χ4n) is 2.17. The molecule has 1 unspecified atom stereocenters. The lowest BCUT2D eigenvalue weighted by Crippen LogP contribution is -2.43. The fraction of sp³-hybridized carbons (Fsp3) is 0.500.